The molecule has 0 spiro atoms. The van der Waals surface area contributed by atoms with E-state index in [-0.39, 0.29) is 17.2 Å². The summed E-state index contributed by atoms with van der Waals surface area (Å²) in [7, 11) is 2.74. The summed E-state index contributed by atoms with van der Waals surface area (Å²) < 4.78 is 15.0. The fourth-order valence-corrected chi connectivity index (χ4v) is 3.49. The Morgan fingerprint density at radius 1 is 1.26 bits per heavy atom. The lowest BCUT2D eigenvalue weighted by Gasteiger charge is -2.10. The second-order valence-electron chi connectivity index (χ2n) is 5.42. The van der Waals surface area contributed by atoms with E-state index in [2.05, 4.69) is 4.74 Å². The number of esters is 1. The van der Waals surface area contributed by atoms with Crippen molar-refractivity contribution in [3.05, 3.63) is 57.3 Å². The van der Waals surface area contributed by atoms with Crippen LogP contribution in [0.4, 0.5) is 4.79 Å². The monoisotopic (exact) mass is 407 g/mol. The first kappa shape index (κ1) is 19.1. The molecule has 1 aromatic carbocycles. The minimum Gasteiger partial charge on any atom is -0.495 e. The van der Waals surface area contributed by atoms with E-state index in [0.717, 1.165) is 16.7 Å². The maximum absolute atomic E-state index is 12.6. The fraction of sp³-hybridized carbons (Fsp3) is 0.167. The maximum atomic E-state index is 12.6. The number of carbonyl (C=O) groups is 3. The standard InChI is InChI=1S/C18H14ClNO6S/c1-24-13-5-3-10(7-12(13)19)8-15-16(21)20(18(23)27-15)9-11-4-6-14(26-11)17(22)25-2/h3-8H,9H2,1-2H3/b15-8+. The third-order valence-electron chi connectivity index (χ3n) is 3.71. The van der Waals surface area contributed by atoms with Gasteiger partial charge in [0.1, 0.15) is 11.5 Å². The van der Waals surface area contributed by atoms with E-state index in [9.17, 15) is 14.4 Å². The molecule has 140 valence electrons. The van der Waals surface area contributed by atoms with Crippen molar-refractivity contribution < 1.29 is 28.3 Å². The summed E-state index contributed by atoms with van der Waals surface area (Å²) in [5, 5.41) is -0.0294. The smallest absolute Gasteiger partial charge is 0.373 e. The molecule has 27 heavy (non-hydrogen) atoms. The number of imide groups is 1. The summed E-state index contributed by atoms with van der Waals surface area (Å²) in [6, 6.07) is 7.99. The molecule has 1 aliphatic heterocycles. The average molecular weight is 408 g/mol. The van der Waals surface area contributed by atoms with Crippen LogP contribution in [0.3, 0.4) is 0 Å². The van der Waals surface area contributed by atoms with E-state index in [4.69, 9.17) is 20.8 Å². The predicted octanol–water partition coefficient (Wildman–Crippen LogP) is 3.96. The van der Waals surface area contributed by atoms with Crippen LogP contribution in [0.2, 0.25) is 5.02 Å². The van der Waals surface area contributed by atoms with Crippen LogP contribution in [-0.2, 0) is 16.1 Å². The molecule has 2 heterocycles. The largest absolute Gasteiger partial charge is 0.495 e. The van der Waals surface area contributed by atoms with Crippen molar-refractivity contribution in [1.29, 1.82) is 0 Å². The Bertz CT molecular complexity index is 951. The number of ether oxygens (including phenoxy) is 2. The molecule has 0 aliphatic carbocycles. The molecule has 0 N–H and O–H groups in total. The van der Waals surface area contributed by atoms with Crippen molar-refractivity contribution in [2.45, 2.75) is 6.54 Å². The Balaban J connectivity index is 1.77. The van der Waals surface area contributed by atoms with Gasteiger partial charge in [-0.3, -0.25) is 14.5 Å². The van der Waals surface area contributed by atoms with E-state index in [1.165, 1.54) is 26.4 Å². The summed E-state index contributed by atoms with van der Waals surface area (Å²) in [4.78, 5) is 37.5. The molecule has 2 aromatic rings. The zero-order chi connectivity index (χ0) is 19.6. The number of methoxy groups -OCH3 is 2. The van der Waals surface area contributed by atoms with Gasteiger partial charge < -0.3 is 13.9 Å². The number of halogens is 1. The number of amides is 2. The second-order valence-corrected chi connectivity index (χ2v) is 6.82. The van der Waals surface area contributed by atoms with Gasteiger partial charge >= 0.3 is 5.97 Å². The molecule has 0 atom stereocenters. The van der Waals surface area contributed by atoms with Crippen molar-refractivity contribution in [2.75, 3.05) is 14.2 Å². The number of carbonyl (C=O) groups excluding carboxylic acids is 3. The molecule has 0 radical (unpaired) electrons. The Morgan fingerprint density at radius 2 is 2.04 bits per heavy atom. The van der Waals surface area contributed by atoms with Crippen molar-refractivity contribution in [1.82, 2.24) is 4.90 Å². The first-order valence-electron chi connectivity index (χ1n) is 7.69. The highest BCUT2D eigenvalue weighted by Gasteiger charge is 2.35. The molecule has 1 aromatic heterocycles. The topological polar surface area (TPSA) is 86.0 Å². The molecular formula is C18H14ClNO6S. The van der Waals surface area contributed by atoms with Gasteiger partial charge in [0.05, 0.1) is 30.7 Å². The van der Waals surface area contributed by atoms with Gasteiger partial charge in [0.15, 0.2) is 0 Å². The first-order valence-corrected chi connectivity index (χ1v) is 8.88. The van der Waals surface area contributed by atoms with Crippen LogP contribution in [-0.4, -0.2) is 36.2 Å². The SMILES string of the molecule is COC(=O)c1ccc(CN2C(=O)S/C(=C/c3ccc(OC)c(Cl)c3)C2=O)o1. The quantitative estimate of drug-likeness (QED) is 0.547. The Morgan fingerprint density at radius 3 is 2.70 bits per heavy atom. The van der Waals surface area contributed by atoms with Gasteiger partial charge in [-0.2, -0.15) is 0 Å². The van der Waals surface area contributed by atoms with Crippen LogP contribution in [0, 0.1) is 0 Å². The number of benzene rings is 1. The number of hydrogen-bond acceptors (Lipinski definition) is 7. The number of furan rings is 1. The molecule has 3 rings (SSSR count). The van der Waals surface area contributed by atoms with E-state index < -0.39 is 17.1 Å². The lowest BCUT2D eigenvalue weighted by Crippen LogP contribution is -2.27. The van der Waals surface area contributed by atoms with Crippen LogP contribution in [0.15, 0.2) is 39.7 Å². The van der Waals surface area contributed by atoms with Crippen LogP contribution in [0.25, 0.3) is 6.08 Å². The average Bonchev–Trinajstić information content (AvgIpc) is 3.22. The second kappa shape index (κ2) is 7.89. The molecule has 1 fully saturated rings. The minimum absolute atomic E-state index is 0.00267. The summed E-state index contributed by atoms with van der Waals surface area (Å²) >= 11 is 6.90. The number of hydrogen-bond donors (Lipinski definition) is 0. The van der Waals surface area contributed by atoms with Crippen molar-refractivity contribution in [3.63, 3.8) is 0 Å². The van der Waals surface area contributed by atoms with E-state index in [0.29, 0.717) is 22.1 Å². The molecule has 1 saturated heterocycles. The molecule has 2 amide bonds. The summed E-state index contributed by atoms with van der Waals surface area (Å²) in [6.45, 7) is -0.0810. The maximum Gasteiger partial charge on any atom is 0.373 e. The fourth-order valence-electron chi connectivity index (χ4n) is 2.39. The first-order chi connectivity index (χ1) is 12.9. The normalized spacial score (nSPS) is 15.5. The predicted molar refractivity (Wildman–Crippen MR) is 99.6 cm³/mol. The highest BCUT2D eigenvalue weighted by molar-refractivity contribution is 8.18. The molecular weight excluding hydrogens is 394 g/mol. The van der Waals surface area contributed by atoms with Crippen LogP contribution < -0.4 is 4.74 Å². The Kier molecular flexibility index (Phi) is 5.57. The molecule has 0 saturated carbocycles. The van der Waals surface area contributed by atoms with Crippen molar-refractivity contribution >= 4 is 46.6 Å². The molecule has 1 aliphatic rings. The van der Waals surface area contributed by atoms with Crippen LogP contribution >= 0.6 is 23.4 Å². The highest BCUT2D eigenvalue weighted by Crippen LogP contribution is 2.34. The van der Waals surface area contributed by atoms with Gasteiger partial charge in [-0.25, -0.2) is 4.79 Å². The Hall–Kier alpha value is -2.71. The third kappa shape index (κ3) is 4.01. The zero-order valence-corrected chi connectivity index (χ0v) is 15.9. The minimum atomic E-state index is -0.633. The molecule has 0 unspecified atom stereocenters. The Labute approximate surface area is 163 Å². The lowest BCUT2D eigenvalue weighted by molar-refractivity contribution is -0.123. The van der Waals surface area contributed by atoms with Crippen LogP contribution in [0.1, 0.15) is 21.9 Å². The van der Waals surface area contributed by atoms with Crippen molar-refractivity contribution in [2.24, 2.45) is 0 Å². The summed E-state index contributed by atoms with van der Waals surface area (Å²) in [5.74, 6) is -0.268. The zero-order valence-electron chi connectivity index (χ0n) is 14.4. The van der Waals surface area contributed by atoms with Gasteiger partial charge in [-0.05, 0) is 47.7 Å². The number of rotatable bonds is 5. The van der Waals surface area contributed by atoms with Gasteiger partial charge in [0.2, 0.25) is 5.76 Å². The van der Waals surface area contributed by atoms with E-state index >= 15 is 0 Å². The van der Waals surface area contributed by atoms with Gasteiger partial charge in [-0.15, -0.1) is 0 Å². The van der Waals surface area contributed by atoms with E-state index in [1.54, 1.807) is 24.3 Å². The van der Waals surface area contributed by atoms with Crippen molar-refractivity contribution in [3.8, 4) is 5.75 Å². The van der Waals surface area contributed by atoms with Gasteiger partial charge in [-0.1, -0.05) is 17.7 Å². The van der Waals surface area contributed by atoms with Gasteiger partial charge in [0.25, 0.3) is 11.1 Å². The number of nitrogens with zero attached hydrogens (tertiary/aromatic N) is 1. The number of thioether (sulfide) groups is 1. The third-order valence-corrected chi connectivity index (χ3v) is 4.91. The molecule has 9 heteroatoms. The van der Waals surface area contributed by atoms with Gasteiger partial charge in [0, 0.05) is 0 Å². The molecule has 7 nitrogen and oxygen atoms in total. The van der Waals surface area contributed by atoms with E-state index in [1.807, 2.05) is 0 Å². The highest BCUT2D eigenvalue weighted by atomic mass is 35.5. The summed E-state index contributed by atoms with van der Waals surface area (Å²) in [6.07, 6.45) is 1.58. The van der Waals surface area contributed by atoms with Crippen LogP contribution in [0.5, 0.6) is 5.75 Å². The summed E-state index contributed by atoms with van der Waals surface area (Å²) in [5.41, 5.74) is 0.664. The lowest BCUT2D eigenvalue weighted by atomic mass is 10.2. The molecule has 0 bridgehead atoms.